The maximum atomic E-state index is 14.6. The molecule has 0 bridgehead atoms. The van der Waals surface area contributed by atoms with Crippen LogP contribution >= 0.6 is 22.7 Å². The van der Waals surface area contributed by atoms with Crippen LogP contribution in [0.3, 0.4) is 0 Å². The zero-order valence-corrected chi connectivity index (χ0v) is 20.8. The van der Waals surface area contributed by atoms with E-state index in [0.29, 0.717) is 24.0 Å². The van der Waals surface area contributed by atoms with Crippen molar-refractivity contribution in [1.82, 2.24) is 4.98 Å². The van der Waals surface area contributed by atoms with Crippen LogP contribution in [0.15, 0.2) is 48.6 Å². The standard InChI is InChI=1S/C24H22F2N2O3S3/c1-2-28-23(9-5-3-4-8-22-27-19-15-16(25)10-12-20(19)32-22)33-21-13-11-18(26)17(24(21)28)7-6-14-34(29,30)31/h3-5,9-13,15H,2,6-8,14H2,1H3/p+1. The van der Waals surface area contributed by atoms with Gasteiger partial charge in [0, 0.05) is 18.6 Å². The molecule has 2 heterocycles. The summed E-state index contributed by atoms with van der Waals surface area (Å²) in [7, 11) is -4.08. The number of aromatic nitrogens is 2. The van der Waals surface area contributed by atoms with Crippen LogP contribution in [0.25, 0.3) is 26.5 Å². The number of fused-ring (bicyclic) bond motifs is 2. The largest absolute Gasteiger partial charge is 0.286 e. The Morgan fingerprint density at radius 2 is 1.91 bits per heavy atom. The van der Waals surface area contributed by atoms with Crippen molar-refractivity contribution < 1.29 is 26.3 Å². The van der Waals surface area contributed by atoms with Crippen LogP contribution in [0.5, 0.6) is 0 Å². The average molecular weight is 522 g/mol. The van der Waals surface area contributed by atoms with Crippen molar-refractivity contribution in [3.8, 4) is 0 Å². The molecule has 0 aliphatic rings. The van der Waals surface area contributed by atoms with Gasteiger partial charge in [-0.1, -0.05) is 29.6 Å². The van der Waals surface area contributed by atoms with Gasteiger partial charge in [0.1, 0.15) is 22.9 Å². The first kappa shape index (κ1) is 24.6. The summed E-state index contributed by atoms with van der Waals surface area (Å²) < 4.78 is 62.9. The molecule has 0 saturated carbocycles. The zero-order chi connectivity index (χ0) is 24.3. The number of nitrogens with zero attached hydrogens (tertiary/aromatic N) is 2. The van der Waals surface area contributed by atoms with Gasteiger partial charge in [0.15, 0.2) is 0 Å². The maximum absolute atomic E-state index is 14.6. The molecule has 0 amide bonds. The molecule has 0 aliphatic heterocycles. The lowest BCUT2D eigenvalue weighted by atomic mass is 10.1. The summed E-state index contributed by atoms with van der Waals surface area (Å²) >= 11 is 3.07. The van der Waals surface area contributed by atoms with Gasteiger partial charge in [-0.15, -0.1) is 11.3 Å². The second-order valence-electron chi connectivity index (χ2n) is 7.66. The molecule has 1 N–H and O–H groups in total. The van der Waals surface area contributed by atoms with E-state index in [1.165, 1.54) is 40.9 Å². The summed E-state index contributed by atoms with van der Waals surface area (Å²) in [6, 6.07) is 7.74. The average Bonchev–Trinajstić information content (AvgIpc) is 3.34. The maximum Gasteiger partial charge on any atom is 0.264 e. The quantitative estimate of drug-likeness (QED) is 0.174. The second-order valence-corrected chi connectivity index (χ2v) is 11.4. The van der Waals surface area contributed by atoms with Crippen molar-refractivity contribution in [3.05, 3.63) is 75.8 Å². The van der Waals surface area contributed by atoms with Crippen molar-refractivity contribution in [3.63, 3.8) is 0 Å². The Kier molecular flexibility index (Phi) is 7.51. The highest BCUT2D eigenvalue weighted by Gasteiger charge is 2.23. The minimum absolute atomic E-state index is 0.140. The van der Waals surface area contributed by atoms with E-state index in [4.69, 9.17) is 4.55 Å². The van der Waals surface area contributed by atoms with E-state index in [-0.39, 0.29) is 24.5 Å². The van der Waals surface area contributed by atoms with E-state index >= 15 is 0 Å². The Morgan fingerprint density at radius 1 is 1.12 bits per heavy atom. The summed E-state index contributed by atoms with van der Waals surface area (Å²) in [5.41, 5.74) is 1.88. The molecule has 10 heteroatoms. The fourth-order valence-electron chi connectivity index (χ4n) is 3.77. The second kappa shape index (κ2) is 10.4. The first-order chi connectivity index (χ1) is 16.2. The molecule has 0 aliphatic carbocycles. The topological polar surface area (TPSA) is 71.1 Å². The van der Waals surface area contributed by atoms with Crippen molar-refractivity contribution in [1.29, 1.82) is 0 Å². The third-order valence-corrected chi connectivity index (χ3v) is 8.23. The number of allylic oxidation sites excluding steroid dienone is 3. The molecular weight excluding hydrogens is 498 g/mol. The van der Waals surface area contributed by atoms with Crippen LogP contribution in [0.4, 0.5) is 8.78 Å². The van der Waals surface area contributed by atoms with Gasteiger partial charge in [0.05, 0.1) is 26.5 Å². The number of benzene rings is 2. The lowest BCUT2D eigenvalue weighted by Crippen LogP contribution is -2.34. The lowest BCUT2D eigenvalue weighted by Gasteiger charge is -2.03. The van der Waals surface area contributed by atoms with E-state index in [9.17, 15) is 17.2 Å². The molecule has 0 atom stereocenters. The molecule has 178 valence electrons. The van der Waals surface area contributed by atoms with Gasteiger partial charge in [0.2, 0.25) is 5.52 Å². The third-order valence-electron chi connectivity index (χ3n) is 5.26. The SMILES string of the molecule is CC[n+]1c(C=CC=CCc2nc3cc(F)ccc3s2)sc2ccc(F)c(CCCS(=O)(=O)O)c21. The minimum atomic E-state index is -4.08. The fourth-order valence-corrected chi connectivity index (χ4v) is 6.37. The molecule has 2 aromatic heterocycles. The van der Waals surface area contributed by atoms with Crippen molar-refractivity contribution in [2.45, 2.75) is 32.7 Å². The Hall–Kier alpha value is -2.53. The van der Waals surface area contributed by atoms with Crippen LogP contribution in [0, 0.1) is 11.6 Å². The monoisotopic (exact) mass is 521 g/mol. The molecule has 4 aromatic rings. The number of hydrogen-bond acceptors (Lipinski definition) is 5. The highest BCUT2D eigenvalue weighted by Crippen LogP contribution is 2.28. The van der Waals surface area contributed by atoms with Crippen molar-refractivity contribution in [2.24, 2.45) is 0 Å². The molecule has 4 rings (SSSR count). The van der Waals surface area contributed by atoms with Crippen LogP contribution in [0.2, 0.25) is 0 Å². The zero-order valence-electron chi connectivity index (χ0n) is 18.4. The van der Waals surface area contributed by atoms with E-state index < -0.39 is 15.9 Å². The summed E-state index contributed by atoms with van der Waals surface area (Å²) in [5.74, 6) is -1.08. The lowest BCUT2D eigenvalue weighted by molar-refractivity contribution is -0.665. The number of rotatable bonds is 9. The number of hydrogen-bond donors (Lipinski definition) is 1. The van der Waals surface area contributed by atoms with Crippen molar-refractivity contribution >= 4 is 59.3 Å². The predicted octanol–water partition coefficient (Wildman–Crippen LogP) is 5.73. The van der Waals surface area contributed by atoms with Gasteiger partial charge >= 0.3 is 0 Å². The van der Waals surface area contributed by atoms with Gasteiger partial charge < -0.3 is 0 Å². The molecule has 0 unspecified atom stereocenters. The van der Waals surface area contributed by atoms with Gasteiger partial charge in [-0.3, -0.25) is 4.55 Å². The predicted molar refractivity (Wildman–Crippen MR) is 134 cm³/mol. The third kappa shape index (κ3) is 5.75. The van der Waals surface area contributed by atoms with Gasteiger partial charge in [0.25, 0.3) is 15.1 Å². The molecule has 0 radical (unpaired) electrons. The number of thiazole rings is 2. The summed E-state index contributed by atoms with van der Waals surface area (Å²) in [6.07, 6.45) is 8.76. The van der Waals surface area contributed by atoms with Crippen LogP contribution < -0.4 is 4.57 Å². The first-order valence-electron chi connectivity index (χ1n) is 10.7. The molecule has 2 aromatic carbocycles. The Labute approximate surface area is 204 Å². The summed E-state index contributed by atoms with van der Waals surface area (Å²) in [6.45, 7) is 2.60. The highest BCUT2D eigenvalue weighted by molar-refractivity contribution is 7.85. The molecule has 34 heavy (non-hydrogen) atoms. The van der Waals surface area contributed by atoms with Crippen LogP contribution in [0.1, 0.15) is 28.9 Å². The smallest absolute Gasteiger partial charge is 0.264 e. The molecule has 0 fully saturated rings. The Bertz CT molecular complexity index is 1500. The number of aryl methyl sites for hydroxylation is 2. The van der Waals surface area contributed by atoms with Crippen LogP contribution in [-0.4, -0.2) is 23.7 Å². The molecule has 0 spiro atoms. The normalized spacial score (nSPS) is 12.7. The van der Waals surface area contributed by atoms with E-state index in [1.54, 1.807) is 12.1 Å². The fraction of sp³-hybridized carbons (Fsp3) is 0.250. The van der Waals surface area contributed by atoms with Crippen LogP contribution in [-0.2, 0) is 29.5 Å². The van der Waals surface area contributed by atoms with Gasteiger partial charge in [-0.25, -0.2) is 13.8 Å². The van der Waals surface area contributed by atoms with Crippen molar-refractivity contribution in [2.75, 3.05) is 5.75 Å². The van der Waals surface area contributed by atoms with Gasteiger partial charge in [-0.05, 0) is 44.0 Å². The summed E-state index contributed by atoms with van der Waals surface area (Å²) in [4.78, 5) is 4.46. The summed E-state index contributed by atoms with van der Waals surface area (Å²) in [5, 5.41) is 1.85. The van der Waals surface area contributed by atoms with E-state index in [0.717, 1.165) is 24.9 Å². The highest BCUT2D eigenvalue weighted by atomic mass is 32.2. The van der Waals surface area contributed by atoms with E-state index in [2.05, 4.69) is 4.98 Å². The Balaban J connectivity index is 1.52. The van der Waals surface area contributed by atoms with E-state index in [1.807, 2.05) is 35.8 Å². The molecule has 0 saturated heterocycles. The van der Waals surface area contributed by atoms with Gasteiger partial charge in [-0.2, -0.15) is 13.0 Å². The molecule has 5 nitrogen and oxygen atoms in total. The first-order valence-corrected chi connectivity index (χ1v) is 14.0. The molecular formula is C24H23F2N2O3S3+. The Morgan fingerprint density at radius 3 is 2.68 bits per heavy atom. The minimum Gasteiger partial charge on any atom is -0.286 e. The number of halogens is 2.